The molecule has 0 saturated carbocycles. The van der Waals surface area contributed by atoms with Crippen molar-refractivity contribution in [2.75, 3.05) is 50.1 Å². The minimum absolute atomic E-state index is 0.0265. The summed E-state index contributed by atoms with van der Waals surface area (Å²) in [4.78, 5) is 16.9. The van der Waals surface area contributed by atoms with E-state index in [1.807, 2.05) is 42.3 Å². The summed E-state index contributed by atoms with van der Waals surface area (Å²) < 4.78 is 5.39. The molecular formula is C24H27N3O2. The van der Waals surface area contributed by atoms with Crippen LogP contribution in [0, 0.1) is 0 Å². The molecule has 0 aromatic heterocycles. The van der Waals surface area contributed by atoms with Gasteiger partial charge in [-0.3, -0.25) is 9.69 Å². The van der Waals surface area contributed by atoms with Crippen molar-refractivity contribution in [1.82, 2.24) is 4.90 Å². The molecule has 4 rings (SSSR count). The molecule has 3 aromatic carbocycles. The quantitative estimate of drug-likeness (QED) is 0.697. The number of carbonyl (C=O) groups excluding carboxylic acids is 1. The highest BCUT2D eigenvalue weighted by molar-refractivity contribution is 5.98. The molecule has 5 heteroatoms. The lowest BCUT2D eigenvalue weighted by Gasteiger charge is -2.26. The van der Waals surface area contributed by atoms with Crippen LogP contribution in [0.2, 0.25) is 0 Å². The highest BCUT2D eigenvalue weighted by Crippen LogP contribution is 2.25. The van der Waals surface area contributed by atoms with E-state index in [2.05, 4.69) is 46.6 Å². The van der Waals surface area contributed by atoms with E-state index in [4.69, 9.17) is 4.74 Å². The molecule has 0 atom stereocenters. The average Bonchev–Trinajstić information content (AvgIpc) is 2.75. The van der Waals surface area contributed by atoms with Gasteiger partial charge in [-0.2, -0.15) is 0 Å². The zero-order valence-electron chi connectivity index (χ0n) is 16.8. The summed E-state index contributed by atoms with van der Waals surface area (Å²) in [5.74, 6) is -0.0265. The minimum Gasteiger partial charge on any atom is -0.379 e. The number of hydrogen-bond acceptors (Lipinski definition) is 4. The second kappa shape index (κ2) is 9.07. The van der Waals surface area contributed by atoms with E-state index in [-0.39, 0.29) is 5.91 Å². The van der Waals surface area contributed by atoms with Crippen molar-refractivity contribution in [3.63, 3.8) is 0 Å². The Morgan fingerprint density at radius 3 is 2.52 bits per heavy atom. The first-order valence-electron chi connectivity index (χ1n) is 10.1. The van der Waals surface area contributed by atoms with Crippen molar-refractivity contribution in [1.29, 1.82) is 0 Å². The third-order valence-electron chi connectivity index (χ3n) is 5.31. The van der Waals surface area contributed by atoms with E-state index in [9.17, 15) is 4.79 Å². The van der Waals surface area contributed by atoms with Gasteiger partial charge in [0, 0.05) is 43.4 Å². The third-order valence-corrected chi connectivity index (χ3v) is 5.31. The van der Waals surface area contributed by atoms with Gasteiger partial charge in [0.25, 0.3) is 0 Å². The number of nitrogens with zero attached hydrogens (tertiary/aromatic N) is 2. The van der Waals surface area contributed by atoms with Crippen LogP contribution in [0.25, 0.3) is 10.8 Å². The Bertz CT molecular complexity index is 960. The number of hydrogen-bond donors (Lipinski definition) is 1. The van der Waals surface area contributed by atoms with Gasteiger partial charge in [-0.15, -0.1) is 0 Å². The molecule has 3 aromatic rings. The molecule has 1 saturated heterocycles. The van der Waals surface area contributed by atoms with Crippen LogP contribution >= 0.6 is 0 Å². The number of nitrogens with one attached hydrogen (secondary N) is 1. The summed E-state index contributed by atoms with van der Waals surface area (Å²) >= 11 is 0. The van der Waals surface area contributed by atoms with Crippen LogP contribution in [-0.2, 0) is 16.1 Å². The number of amides is 1. The predicted molar refractivity (Wildman–Crippen MR) is 118 cm³/mol. The lowest BCUT2D eigenvalue weighted by atomic mass is 10.1. The van der Waals surface area contributed by atoms with Crippen LogP contribution in [0.5, 0.6) is 0 Å². The molecule has 1 aliphatic heterocycles. The van der Waals surface area contributed by atoms with Gasteiger partial charge in [0.2, 0.25) is 5.91 Å². The molecule has 0 radical (unpaired) electrons. The second-order valence-electron chi connectivity index (χ2n) is 7.49. The Morgan fingerprint density at radius 1 is 1.00 bits per heavy atom. The first-order valence-corrected chi connectivity index (χ1v) is 10.1. The standard InChI is InChI=1S/C24H27N3O2/c1-26(23-8-4-6-20-5-2-3-7-22(20)23)18-24(28)25-21-11-9-19(10-12-21)17-27-13-15-29-16-14-27/h2-12H,13-18H2,1H3,(H,25,28). The molecule has 1 amide bonds. The fourth-order valence-electron chi connectivity index (χ4n) is 3.75. The SMILES string of the molecule is CN(CC(=O)Nc1ccc(CN2CCOCC2)cc1)c1cccc2ccccc12. The van der Waals surface area contributed by atoms with Crippen LogP contribution in [0.3, 0.4) is 0 Å². The first kappa shape index (κ1) is 19.4. The van der Waals surface area contributed by atoms with Crippen LogP contribution in [0.1, 0.15) is 5.56 Å². The maximum absolute atomic E-state index is 12.6. The fourth-order valence-corrected chi connectivity index (χ4v) is 3.75. The number of rotatable bonds is 6. The zero-order valence-corrected chi connectivity index (χ0v) is 16.8. The van der Waals surface area contributed by atoms with E-state index in [1.54, 1.807) is 0 Å². The molecule has 5 nitrogen and oxygen atoms in total. The van der Waals surface area contributed by atoms with Crippen LogP contribution < -0.4 is 10.2 Å². The van der Waals surface area contributed by atoms with Gasteiger partial charge >= 0.3 is 0 Å². The Balaban J connectivity index is 1.35. The number of fused-ring (bicyclic) bond motifs is 1. The van der Waals surface area contributed by atoms with Gasteiger partial charge in [-0.1, -0.05) is 48.5 Å². The van der Waals surface area contributed by atoms with E-state index >= 15 is 0 Å². The number of likely N-dealkylation sites (N-methyl/N-ethyl adjacent to an activating group) is 1. The van der Waals surface area contributed by atoms with Crippen molar-refractivity contribution in [3.05, 3.63) is 72.3 Å². The predicted octanol–water partition coefficient (Wildman–Crippen LogP) is 3.75. The lowest BCUT2D eigenvalue weighted by molar-refractivity contribution is -0.114. The van der Waals surface area contributed by atoms with E-state index in [0.29, 0.717) is 6.54 Å². The number of anilines is 2. The summed E-state index contributed by atoms with van der Waals surface area (Å²) in [6.45, 7) is 4.76. The summed E-state index contributed by atoms with van der Waals surface area (Å²) in [5.41, 5.74) is 3.13. The molecular weight excluding hydrogens is 362 g/mol. The normalized spacial score (nSPS) is 14.7. The van der Waals surface area contributed by atoms with Crippen LogP contribution in [-0.4, -0.2) is 50.7 Å². The molecule has 1 aliphatic rings. The number of benzene rings is 3. The molecule has 0 spiro atoms. The van der Waals surface area contributed by atoms with Crippen molar-refractivity contribution in [2.45, 2.75) is 6.54 Å². The van der Waals surface area contributed by atoms with Gasteiger partial charge in [0.15, 0.2) is 0 Å². The smallest absolute Gasteiger partial charge is 0.243 e. The van der Waals surface area contributed by atoms with Gasteiger partial charge in [-0.25, -0.2) is 0 Å². The summed E-state index contributed by atoms with van der Waals surface area (Å²) in [5, 5.41) is 5.33. The Kier molecular flexibility index (Phi) is 6.08. The third kappa shape index (κ3) is 4.94. The first-order chi connectivity index (χ1) is 14.2. The van der Waals surface area contributed by atoms with E-state index in [1.165, 1.54) is 10.9 Å². The van der Waals surface area contributed by atoms with Gasteiger partial charge in [0.05, 0.1) is 19.8 Å². The second-order valence-corrected chi connectivity index (χ2v) is 7.49. The summed E-state index contributed by atoms with van der Waals surface area (Å²) in [6, 6.07) is 22.5. The van der Waals surface area contributed by atoms with Gasteiger partial charge in [0.1, 0.15) is 0 Å². The van der Waals surface area contributed by atoms with Crippen molar-refractivity contribution >= 4 is 28.1 Å². The monoisotopic (exact) mass is 389 g/mol. The Morgan fingerprint density at radius 2 is 1.72 bits per heavy atom. The molecule has 1 N–H and O–H groups in total. The molecule has 0 aliphatic carbocycles. The van der Waals surface area contributed by atoms with E-state index < -0.39 is 0 Å². The fraction of sp³-hybridized carbons (Fsp3) is 0.292. The molecule has 0 unspecified atom stereocenters. The molecule has 1 fully saturated rings. The van der Waals surface area contributed by atoms with E-state index in [0.717, 1.165) is 49.6 Å². The summed E-state index contributed by atoms with van der Waals surface area (Å²) in [6.07, 6.45) is 0. The van der Waals surface area contributed by atoms with Crippen LogP contribution in [0.4, 0.5) is 11.4 Å². The van der Waals surface area contributed by atoms with Crippen molar-refractivity contribution in [3.8, 4) is 0 Å². The Hall–Kier alpha value is -2.89. The van der Waals surface area contributed by atoms with Gasteiger partial charge < -0.3 is 15.0 Å². The van der Waals surface area contributed by atoms with Gasteiger partial charge in [-0.05, 0) is 29.1 Å². The van der Waals surface area contributed by atoms with Crippen molar-refractivity contribution in [2.24, 2.45) is 0 Å². The maximum atomic E-state index is 12.6. The number of ether oxygens (including phenoxy) is 1. The highest BCUT2D eigenvalue weighted by Gasteiger charge is 2.12. The lowest BCUT2D eigenvalue weighted by Crippen LogP contribution is -2.35. The molecule has 1 heterocycles. The average molecular weight is 389 g/mol. The Labute approximate surface area is 171 Å². The number of morpholine rings is 1. The molecule has 29 heavy (non-hydrogen) atoms. The molecule has 150 valence electrons. The highest BCUT2D eigenvalue weighted by atomic mass is 16.5. The van der Waals surface area contributed by atoms with Crippen molar-refractivity contribution < 1.29 is 9.53 Å². The topological polar surface area (TPSA) is 44.8 Å². The summed E-state index contributed by atoms with van der Waals surface area (Å²) in [7, 11) is 1.95. The number of carbonyl (C=O) groups is 1. The zero-order chi connectivity index (χ0) is 20.1. The minimum atomic E-state index is -0.0265. The largest absolute Gasteiger partial charge is 0.379 e. The maximum Gasteiger partial charge on any atom is 0.243 e. The molecule has 0 bridgehead atoms. The van der Waals surface area contributed by atoms with Crippen LogP contribution in [0.15, 0.2) is 66.7 Å².